The van der Waals surface area contributed by atoms with Crippen molar-refractivity contribution in [2.75, 3.05) is 13.1 Å². The molecule has 2 aromatic rings. The van der Waals surface area contributed by atoms with Crippen LogP contribution in [-0.2, 0) is 19.4 Å². The van der Waals surface area contributed by atoms with Gasteiger partial charge in [0.2, 0.25) is 0 Å². The Labute approximate surface area is 180 Å². The Morgan fingerprint density at radius 1 is 1.15 bits per heavy atom. The van der Waals surface area contributed by atoms with Crippen molar-refractivity contribution in [1.82, 2.24) is 25.4 Å². The Bertz CT molecular complexity index is 680. The maximum atomic E-state index is 4.66. The van der Waals surface area contributed by atoms with E-state index in [9.17, 15) is 0 Å². The molecule has 0 saturated heterocycles. The first-order valence-corrected chi connectivity index (χ1v) is 9.68. The lowest BCUT2D eigenvalue weighted by Gasteiger charge is -2.19. The lowest BCUT2D eigenvalue weighted by molar-refractivity contribution is 0.618. The van der Waals surface area contributed by atoms with Gasteiger partial charge in [0.25, 0.3) is 0 Å². The first kappa shape index (κ1) is 23.4. The van der Waals surface area contributed by atoms with Crippen LogP contribution in [0.5, 0.6) is 0 Å². The van der Waals surface area contributed by atoms with Crippen LogP contribution in [0.25, 0.3) is 0 Å². The van der Waals surface area contributed by atoms with Crippen molar-refractivity contribution in [3.8, 4) is 0 Å². The second-order valence-corrected chi connectivity index (χ2v) is 6.41. The van der Waals surface area contributed by atoms with Gasteiger partial charge in [-0.2, -0.15) is 0 Å². The smallest absolute Gasteiger partial charge is 0.191 e. The largest absolute Gasteiger partial charge is 0.355 e. The summed E-state index contributed by atoms with van der Waals surface area (Å²) in [6.45, 7) is 11.0. The number of nitrogens with zero attached hydrogens (tertiary/aromatic N) is 4. The zero-order valence-electron chi connectivity index (χ0n) is 16.9. The average molecular weight is 484 g/mol. The van der Waals surface area contributed by atoms with Crippen LogP contribution in [0.2, 0.25) is 0 Å². The van der Waals surface area contributed by atoms with E-state index in [1.54, 1.807) is 6.33 Å². The summed E-state index contributed by atoms with van der Waals surface area (Å²) in [5, 5.41) is 15.0. The molecule has 1 unspecified atom stereocenters. The summed E-state index contributed by atoms with van der Waals surface area (Å²) in [6.07, 6.45) is 4.77. The number of aryl methyl sites for hydroxylation is 2. The molecule has 2 N–H and O–H groups in total. The summed E-state index contributed by atoms with van der Waals surface area (Å²) >= 11 is 0. The average Bonchev–Trinajstić information content (AvgIpc) is 3.13. The van der Waals surface area contributed by atoms with Crippen LogP contribution in [-0.4, -0.2) is 33.8 Å². The highest BCUT2D eigenvalue weighted by Crippen LogP contribution is 2.13. The minimum atomic E-state index is 0. The van der Waals surface area contributed by atoms with Crippen LogP contribution in [0.1, 0.15) is 57.1 Å². The van der Waals surface area contributed by atoms with Gasteiger partial charge < -0.3 is 15.2 Å². The third-order valence-electron chi connectivity index (χ3n) is 4.39. The van der Waals surface area contributed by atoms with Crippen molar-refractivity contribution >= 4 is 29.9 Å². The minimum Gasteiger partial charge on any atom is -0.355 e. The van der Waals surface area contributed by atoms with Gasteiger partial charge >= 0.3 is 0 Å². The van der Waals surface area contributed by atoms with Crippen molar-refractivity contribution in [3.63, 3.8) is 0 Å². The highest BCUT2D eigenvalue weighted by Gasteiger charge is 2.08. The van der Waals surface area contributed by atoms with Crippen LogP contribution < -0.4 is 10.6 Å². The molecule has 0 aliphatic carbocycles. The van der Waals surface area contributed by atoms with E-state index in [-0.39, 0.29) is 30.0 Å². The highest BCUT2D eigenvalue weighted by molar-refractivity contribution is 14.0. The highest BCUT2D eigenvalue weighted by atomic mass is 127. The fourth-order valence-corrected chi connectivity index (χ4v) is 2.74. The quantitative estimate of drug-likeness (QED) is 0.324. The molecule has 1 aromatic carbocycles. The molecule has 1 atom stereocenters. The second-order valence-electron chi connectivity index (χ2n) is 6.41. The van der Waals surface area contributed by atoms with Gasteiger partial charge in [-0.15, -0.1) is 34.2 Å². The Balaban J connectivity index is 0.00000364. The Morgan fingerprint density at radius 3 is 2.52 bits per heavy atom. The molecule has 0 amide bonds. The van der Waals surface area contributed by atoms with Gasteiger partial charge in [-0.3, -0.25) is 4.99 Å². The third-order valence-corrected chi connectivity index (χ3v) is 4.39. The Hall–Kier alpha value is -1.64. The van der Waals surface area contributed by atoms with Crippen LogP contribution in [0.15, 0.2) is 35.6 Å². The molecule has 27 heavy (non-hydrogen) atoms. The zero-order chi connectivity index (χ0) is 18.8. The number of aliphatic imine (C=N–C) groups is 1. The lowest BCUT2D eigenvalue weighted by Crippen LogP contribution is -2.40. The van der Waals surface area contributed by atoms with Crippen molar-refractivity contribution in [2.45, 2.75) is 59.5 Å². The SMILES string of the molecule is CCCN=C(NCCn1cnnc1CC)NC(C)c1ccc(CC)cc1.I. The van der Waals surface area contributed by atoms with Gasteiger partial charge in [0.05, 0.1) is 6.04 Å². The van der Waals surface area contributed by atoms with Crippen molar-refractivity contribution < 1.29 is 0 Å². The molecule has 0 radical (unpaired) electrons. The fourth-order valence-electron chi connectivity index (χ4n) is 2.74. The Kier molecular flexibility index (Phi) is 11.0. The lowest BCUT2D eigenvalue weighted by atomic mass is 10.1. The minimum absolute atomic E-state index is 0. The molecule has 0 aliphatic heterocycles. The number of rotatable bonds is 9. The van der Waals surface area contributed by atoms with E-state index in [0.29, 0.717) is 0 Å². The molecule has 0 spiro atoms. The molecule has 2 rings (SSSR count). The van der Waals surface area contributed by atoms with E-state index in [1.807, 2.05) is 0 Å². The predicted molar refractivity (Wildman–Crippen MR) is 123 cm³/mol. The van der Waals surface area contributed by atoms with Crippen molar-refractivity contribution in [1.29, 1.82) is 0 Å². The molecule has 0 bridgehead atoms. The van der Waals surface area contributed by atoms with Crippen LogP contribution >= 0.6 is 24.0 Å². The molecule has 1 aromatic heterocycles. The van der Waals surface area contributed by atoms with E-state index in [4.69, 9.17) is 0 Å². The maximum absolute atomic E-state index is 4.66. The number of nitrogens with one attached hydrogen (secondary N) is 2. The number of guanidine groups is 1. The van der Waals surface area contributed by atoms with Crippen molar-refractivity contribution in [3.05, 3.63) is 47.5 Å². The molecule has 150 valence electrons. The molecule has 0 fully saturated rings. The number of hydrogen-bond donors (Lipinski definition) is 2. The van der Waals surface area contributed by atoms with Gasteiger partial charge in [-0.05, 0) is 30.9 Å². The van der Waals surface area contributed by atoms with E-state index >= 15 is 0 Å². The summed E-state index contributed by atoms with van der Waals surface area (Å²) < 4.78 is 2.08. The van der Waals surface area contributed by atoms with E-state index in [1.165, 1.54) is 11.1 Å². The summed E-state index contributed by atoms with van der Waals surface area (Å²) in [4.78, 5) is 4.66. The van der Waals surface area contributed by atoms with Crippen LogP contribution in [0.4, 0.5) is 0 Å². The number of halogens is 1. The number of hydrogen-bond acceptors (Lipinski definition) is 3. The summed E-state index contributed by atoms with van der Waals surface area (Å²) in [6, 6.07) is 8.98. The van der Waals surface area contributed by atoms with Gasteiger partial charge in [0, 0.05) is 26.1 Å². The summed E-state index contributed by atoms with van der Waals surface area (Å²) in [7, 11) is 0. The first-order chi connectivity index (χ1) is 12.7. The molecular weight excluding hydrogens is 451 g/mol. The molecule has 0 saturated carbocycles. The molecular formula is C20H33IN6. The molecule has 7 heteroatoms. The van der Waals surface area contributed by atoms with Gasteiger partial charge in [0.15, 0.2) is 5.96 Å². The molecule has 0 aliphatic rings. The third kappa shape index (κ3) is 7.48. The zero-order valence-corrected chi connectivity index (χ0v) is 19.2. The van der Waals surface area contributed by atoms with E-state index in [2.05, 4.69) is 82.4 Å². The van der Waals surface area contributed by atoms with Crippen LogP contribution in [0.3, 0.4) is 0 Å². The second kappa shape index (κ2) is 12.7. The number of benzene rings is 1. The topological polar surface area (TPSA) is 67.1 Å². The fraction of sp³-hybridized carbons (Fsp3) is 0.550. The number of aromatic nitrogens is 3. The van der Waals surface area contributed by atoms with Gasteiger partial charge in [-0.25, -0.2) is 0 Å². The predicted octanol–water partition coefficient (Wildman–Crippen LogP) is 3.73. The first-order valence-electron chi connectivity index (χ1n) is 9.68. The standard InChI is InChI=1S/C20H32N6.HI/c1-5-12-21-20(22-13-14-26-15-23-25-19(26)7-3)24-16(4)18-10-8-17(6-2)9-11-18;/h8-11,15-16H,5-7,12-14H2,1-4H3,(H2,21,22,24);1H. The Morgan fingerprint density at radius 2 is 1.89 bits per heavy atom. The van der Waals surface area contributed by atoms with E-state index in [0.717, 1.165) is 50.7 Å². The molecule has 1 heterocycles. The molecule has 6 nitrogen and oxygen atoms in total. The van der Waals surface area contributed by atoms with Crippen LogP contribution in [0, 0.1) is 0 Å². The van der Waals surface area contributed by atoms with Crippen molar-refractivity contribution in [2.24, 2.45) is 4.99 Å². The summed E-state index contributed by atoms with van der Waals surface area (Å²) in [5.41, 5.74) is 2.62. The monoisotopic (exact) mass is 484 g/mol. The van der Waals surface area contributed by atoms with Gasteiger partial charge in [0.1, 0.15) is 12.2 Å². The maximum Gasteiger partial charge on any atom is 0.191 e. The summed E-state index contributed by atoms with van der Waals surface area (Å²) in [5.74, 6) is 1.86. The van der Waals surface area contributed by atoms with E-state index < -0.39 is 0 Å². The van der Waals surface area contributed by atoms with Gasteiger partial charge in [-0.1, -0.05) is 45.0 Å². The normalized spacial score (nSPS) is 12.4.